The third kappa shape index (κ3) is 6.62. The number of unbranched alkanes of at least 4 members (excludes halogenated alkanes) is 1. The molecule has 2 heteroatoms. The molecule has 0 saturated heterocycles. The van der Waals surface area contributed by atoms with Crippen LogP contribution in [0.4, 0.5) is 0 Å². The van der Waals surface area contributed by atoms with E-state index in [0.717, 1.165) is 26.2 Å². The summed E-state index contributed by atoms with van der Waals surface area (Å²) in [6.07, 6.45) is 3.56. The van der Waals surface area contributed by atoms with E-state index in [0.29, 0.717) is 6.04 Å². The fourth-order valence-corrected chi connectivity index (χ4v) is 1.08. The van der Waals surface area contributed by atoms with Gasteiger partial charge in [0, 0.05) is 12.6 Å². The van der Waals surface area contributed by atoms with Gasteiger partial charge in [0.2, 0.25) is 0 Å². The van der Waals surface area contributed by atoms with Crippen LogP contribution in [0.25, 0.3) is 0 Å². The number of hydrogen-bond acceptors (Lipinski definition) is 2. The van der Waals surface area contributed by atoms with E-state index in [1.807, 2.05) is 0 Å². The molecule has 0 saturated carbocycles. The molecule has 74 valence electrons. The predicted octanol–water partition coefficient (Wildman–Crippen LogP) is 2.19. The Bertz CT molecular complexity index is 85.9. The van der Waals surface area contributed by atoms with Crippen LogP contribution in [0.3, 0.4) is 0 Å². The molecule has 0 amide bonds. The lowest BCUT2D eigenvalue weighted by Gasteiger charge is -2.15. The van der Waals surface area contributed by atoms with Crippen molar-refractivity contribution in [3.8, 4) is 0 Å². The lowest BCUT2D eigenvalue weighted by molar-refractivity contribution is 0.108. The zero-order valence-corrected chi connectivity index (χ0v) is 8.73. The summed E-state index contributed by atoms with van der Waals surface area (Å²) in [5, 5.41) is 3.38. The summed E-state index contributed by atoms with van der Waals surface area (Å²) in [7, 11) is 0. The monoisotopic (exact) mass is 173 g/mol. The van der Waals surface area contributed by atoms with Crippen molar-refractivity contribution in [3.63, 3.8) is 0 Å². The molecule has 0 aliphatic rings. The molecule has 0 bridgehead atoms. The highest BCUT2D eigenvalue weighted by molar-refractivity contribution is 4.61. The van der Waals surface area contributed by atoms with Gasteiger partial charge in [-0.05, 0) is 19.4 Å². The summed E-state index contributed by atoms with van der Waals surface area (Å²) >= 11 is 0. The Balaban J connectivity index is 3.19. The zero-order chi connectivity index (χ0) is 9.23. The molecule has 1 unspecified atom stereocenters. The average Bonchev–Trinajstić information content (AvgIpc) is 2.10. The van der Waals surface area contributed by atoms with E-state index in [-0.39, 0.29) is 0 Å². The summed E-state index contributed by atoms with van der Waals surface area (Å²) in [5.41, 5.74) is 0. The topological polar surface area (TPSA) is 21.3 Å². The Morgan fingerprint density at radius 3 is 2.50 bits per heavy atom. The molecule has 0 aromatic rings. The first-order chi connectivity index (χ1) is 5.85. The summed E-state index contributed by atoms with van der Waals surface area (Å²) in [6, 6.07) is 0.548. The van der Waals surface area contributed by atoms with Gasteiger partial charge in [-0.1, -0.05) is 27.2 Å². The molecule has 0 radical (unpaired) electrons. The standard InChI is InChI=1S/C10H23NO/c1-4-7-8-12-9-10(5-2)11-6-3/h10-11H,4-9H2,1-3H3. The second-order valence-electron chi connectivity index (χ2n) is 3.09. The third-order valence-electron chi connectivity index (χ3n) is 1.95. The molecular weight excluding hydrogens is 150 g/mol. The smallest absolute Gasteiger partial charge is 0.0619 e. The Hall–Kier alpha value is -0.0800. The molecular formula is C10H23NO. The van der Waals surface area contributed by atoms with Crippen LogP contribution in [0.2, 0.25) is 0 Å². The molecule has 1 N–H and O–H groups in total. The third-order valence-corrected chi connectivity index (χ3v) is 1.95. The predicted molar refractivity (Wildman–Crippen MR) is 53.5 cm³/mol. The summed E-state index contributed by atoms with van der Waals surface area (Å²) in [4.78, 5) is 0. The van der Waals surface area contributed by atoms with Crippen LogP contribution in [0.1, 0.15) is 40.0 Å². The maximum absolute atomic E-state index is 5.52. The highest BCUT2D eigenvalue weighted by atomic mass is 16.5. The van der Waals surface area contributed by atoms with Crippen molar-refractivity contribution >= 4 is 0 Å². The molecule has 0 aliphatic heterocycles. The van der Waals surface area contributed by atoms with E-state index in [1.165, 1.54) is 12.8 Å². The van der Waals surface area contributed by atoms with Gasteiger partial charge in [-0.2, -0.15) is 0 Å². The minimum atomic E-state index is 0.548. The van der Waals surface area contributed by atoms with E-state index in [2.05, 4.69) is 26.1 Å². The van der Waals surface area contributed by atoms with Gasteiger partial charge in [0.1, 0.15) is 0 Å². The number of rotatable bonds is 8. The minimum Gasteiger partial charge on any atom is -0.380 e. The van der Waals surface area contributed by atoms with Gasteiger partial charge < -0.3 is 10.1 Å². The highest BCUT2D eigenvalue weighted by Crippen LogP contribution is 1.94. The number of nitrogens with one attached hydrogen (secondary N) is 1. The fourth-order valence-electron chi connectivity index (χ4n) is 1.08. The van der Waals surface area contributed by atoms with Gasteiger partial charge in [-0.15, -0.1) is 0 Å². The molecule has 0 spiro atoms. The van der Waals surface area contributed by atoms with Crippen LogP contribution in [-0.4, -0.2) is 25.8 Å². The molecule has 12 heavy (non-hydrogen) atoms. The van der Waals surface area contributed by atoms with Crippen molar-refractivity contribution in [2.75, 3.05) is 19.8 Å². The van der Waals surface area contributed by atoms with Gasteiger partial charge in [-0.25, -0.2) is 0 Å². The molecule has 0 aromatic carbocycles. The van der Waals surface area contributed by atoms with Gasteiger partial charge in [0.15, 0.2) is 0 Å². The van der Waals surface area contributed by atoms with E-state index < -0.39 is 0 Å². The Morgan fingerprint density at radius 2 is 2.00 bits per heavy atom. The summed E-state index contributed by atoms with van der Waals surface area (Å²) < 4.78 is 5.52. The first-order valence-corrected chi connectivity index (χ1v) is 5.16. The second-order valence-corrected chi connectivity index (χ2v) is 3.09. The highest BCUT2D eigenvalue weighted by Gasteiger charge is 2.02. The van der Waals surface area contributed by atoms with E-state index in [9.17, 15) is 0 Å². The number of ether oxygens (including phenoxy) is 1. The normalized spacial score (nSPS) is 13.2. The Labute approximate surface area is 76.7 Å². The van der Waals surface area contributed by atoms with Crippen molar-refractivity contribution in [1.29, 1.82) is 0 Å². The van der Waals surface area contributed by atoms with Gasteiger partial charge in [0.05, 0.1) is 6.61 Å². The van der Waals surface area contributed by atoms with Gasteiger partial charge >= 0.3 is 0 Å². The fraction of sp³-hybridized carbons (Fsp3) is 1.00. The Kier molecular flexibility index (Phi) is 8.95. The van der Waals surface area contributed by atoms with Crippen molar-refractivity contribution in [3.05, 3.63) is 0 Å². The van der Waals surface area contributed by atoms with E-state index in [1.54, 1.807) is 0 Å². The number of hydrogen-bond donors (Lipinski definition) is 1. The molecule has 0 fully saturated rings. The first kappa shape index (κ1) is 11.9. The zero-order valence-electron chi connectivity index (χ0n) is 8.73. The second kappa shape index (κ2) is 9.01. The molecule has 1 atom stereocenters. The van der Waals surface area contributed by atoms with Crippen molar-refractivity contribution in [2.24, 2.45) is 0 Å². The minimum absolute atomic E-state index is 0.548. The molecule has 0 rings (SSSR count). The Morgan fingerprint density at radius 1 is 1.25 bits per heavy atom. The van der Waals surface area contributed by atoms with Crippen LogP contribution in [0, 0.1) is 0 Å². The molecule has 0 aromatic heterocycles. The lowest BCUT2D eigenvalue weighted by Crippen LogP contribution is -2.32. The molecule has 0 aliphatic carbocycles. The van der Waals surface area contributed by atoms with Crippen LogP contribution < -0.4 is 5.32 Å². The van der Waals surface area contributed by atoms with Crippen molar-refractivity contribution < 1.29 is 4.74 Å². The van der Waals surface area contributed by atoms with Crippen molar-refractivity contribution in [2.45, 2.75) is 46.1 Å². The van der Waals surface area contributed by atoms with Crippen LogP contribution >= 0.6 is 0 Å². The molecule has 0 heterocycles. The van der Waals surface area contributed by atoms with E-state index in [4.69, 9.17) is 4.74 Å². The maximum Gasteiger partial charge on any atom is 0.0619 e. The quantitative estimate of drug-likeness (QED) is 0.568. The summed E-state index contributed by atoms with van der Waals surface area (Å²) in [5.74, 6) is 0. The van der Waals surface area contributed by atoms with Gasteiger partial charge in [-0.3, -0.25) is 0 Å². The van der Waals surface area contributed by atoms with Gasteiger partial charge in [0.25, 0.3) is 0 Å². The van der Waals surface area contributed by atoms with Crippen LogP contribution in [-0.2, 0) is 4.74 Å². The van der Waals surface area contributed by atoms with Crippen LogP contribution in [0.15, 0.2) is 0 Å². The molecule has 2 nitrogen and oxygen atoms in total. The largest absolute Gasteiger partial charge is 0.380 e. The SMILES string of the molecule is CCCCOCC(CC)NCC. The maximum atomic E-state index is 5.52. The average molecular weight is 173 g/mol. The summed E-state index contributed by atoms with van der Waals surface area (Å²) in [6.45, 7) is 9.33. The van der Waals surface area contributed by atoms with E-state index >= 15 is 0 Å². The number of likely N-dealkylation sites (N-methyl/N-ethyl adjacent to an activating group) is 1. The van der Waals surface area contributed by atoms with Crippen molar-refractivity contribution in [1.82, 2.24) is 5.32 Å². The first-order valence-electron chi connectivity index (χ1n) is 5.16. The lowest BCUT2D eigenvalue weighted by atomic mass is 10.2. The van der Waals surface area contributed by atoms with Crippen LogP contribution in [0.5, 0.6) is 0 Å².